The number of benzene rings is 2. The highest BCUT2D eigenvalue weighted by Crippen LogP contribution is 2.32. The quantitative estimate of drug-likeness (QED) is 0.772. The van der Waals surface area contributed by atoms with Gasteiger partial charge < -0.3 is 24.0 Å². The van der Waals surface area contributed by atoms with Crippen molar-refractivity contribution in [2.75, 3.05) is 32.8 Å². The van der Waals surface area contributed by atoms with Gasteiger partial charge in [0.1, 0.15) is 12.4 Å². The minimum absolute atomic E-state index is 0.0144. The molecule has 0 bridgehead atoms. The van der Waals surface area contributed by atoms with E-state index in [0.29, 0.717) is 44.1 Å². The fourth-order valence-corrected chi connectivity index (χ4v) is 4.02. The number of carbonyl (C=O) groups excluding carboxylic acids is 2. The predicted molar refractivity (Wildman–Crippen MR) is 104 cm³/mol. The zero-order valence-corrected chi connectivity index (χ0v) is 16.0. The Balaban J connectivity index is 1.16. The summed E-state index contributed by atoms with van der Waals surface area (Å²) in [4.78, 5) is 29.2. The fraction of sp³-hybridized carbons (Fsp3) is 0.364. The van der Waals surface area contributed by atoms with E-state index in [1.807, 2.05) is 42.5 Å². The maximum Gasteiger partial charge on any atom is 0.267 e. The molecule has 0 radical (unpaired) electrons. The van der Waals surface area contributed by atoms with Gasteiger partial charge in [0.25, 0.3) is 11.8 Å². The summed E-state index contributed by atoms with van der Waals surface area (Å²) in [6.07, 6.45) is -0.526. The zero-order valence-electron chi connectivity index (χ0n) is 16.0. The van der Waals surface area contributed by atoms with Crippen LogP contribution in [0, 0.1) is 0 Å². The standard InChI is InChI=1S/C22H22N2O5/c25-21(19-13-15-5-1-2-6-16(15)28-19)23-9-11-24(12-10-23)22(26)20-14-27-17-7-3-4-8-18(17)29-20/h1-8,19-20H,9-14H2. The molecule has 0 spiro atoms. The molecule has 2 unspecified atom stereocenters. The van der Waals surface area contributed by atoms with Crippen molar-refractivity contribution in [2.45, 2.75) is 18.6 Å². The Labute approximate surface area is 168 Å². The molecule has 2 atom stereocenters. The summed E-state index contributed by atoms with van der Waals surface area (Å²) in [6.45, 7) is 2.14. The Morgan fingerprint density at radius 1 is 0.724 bits per heavy atom. The van der Waals surface area contributed by atoms with E-state index in [1.54, 1.807) is 15.9 Å². The first kappa shape index (κ1) is 17.8. The van der Waals surface area contributed by atoms with Crippen LogP contribution in [0.2, 0.25) is 0 Å². The topological polar surface area (TPSA) is 68.3 Å². The van der Waals surface area contributed by atoms with Gasteiger partial charge in [-0.2, -0.15) is 0 Å². The third-order valence-electron chi connectivity index (χ3n) is 5.61. The Hall–Kier alpha value is -3.22. The molecule has 2 aromatic carbocycles. The van der Waals surface area contributed by atoms with Gasteiger partial charge >= 0.3 is 0 Å². The van der Waals surface area contributed by atoms with Crippen LogP contribution in [0.3, 0.4) is 0 Å². The summed E-state index contributed by atoms with van der Waals surface area (Å²) >= 11 is 0. The molecule has 3 aliphatic heterocycles. The highest BCUT2D eigenvalue weighted by atomic mass is 16.6. The molecule has 2 aromatic rings. The molecule has 0 aromatic heterocycles. The number of amides is 2. The van der Waals surface area contributed by atoms with Gasteiger partial charge in [-0.15, -0.1) is 0 Å². The first-order valence-corrected chi connectivity index (χ1v) is 9.89. The molecule has 3 heterocycles. The van der Waals surface area contributed by atoms with Gasteiger partial charge in [-0.25, -0.2) is 0 Å². The van der Waals surface area contributed by atoms with Crippen LogP contribution >= 0.6 is 0 Å². The number of hydrogen-bond donors (Lipinski definition) is 0. The lowest BCUT2D eigenvalue weighted by molar-refractivity contribution is -0.148. The molecule has 150 valence electrons. The average Bonchev–Trinajstić information content (AvgIpc) is 3.22. The van der Waals surface area contributed by atoms with Crippen molar-refractivity contribution < 1.29 is 23.8 Å². The van der Waals surface area contributed by atoms with E-state index < -0.39 is 12.2 Å². The molecule has 0 saturated carbocycles. The lowest BCUT2D eigenvalue weighted by Gasteiger charge is -2.37. The first-order valence-electron chi connectivity index (χ1n) is 9.89. The molecule has 29 heavy (non-hydrogen) atoms. The fourth-order valence-electron chi connectivity index (χ4n) is 4.02. The van der Waals surface area contributed by atoms with Crippen LogP contribution in [0.5, 0.6) is 17.2 Å². The Kier molecular flexibility index (Phi) is 4.50. The molecule has 2 amide bonds. The maximum absolute atomic E-state index is 12.8. The van der Waals surface area contributed by atoms with E-state index in [0.717, 1.165) is 11.3 Å². The van der Waals surface area contributed by atoms with E-state index in [1.165, 1.54) is 0 Å². The van der Waals surface area contributed by atoms with Crippen LogP contribution < -0.4 is 14.2 Å². The van der Waals surface area contributed by atoms with Gasteiger partial charge in [0, 0.05) is 32.6 Å². The third kappa shape index (κ3) is 3.37. The number of nitrogens with zero attached hydrogens (tertiary/aromatic N) is 2. The van der Waals surface area contributed by atoms with Crippen molar-refractivity contribution in [3.05, 3.63) is 54.1 Å². The predicted octanol–water partition coefficient (Wildman–Crippen LogP) is 1.50. The van der Waals surface area contributed by atoms with Gasteiger partial charge in [-0.05, 0) is 23.8 Å². The van der Waals surface area contributed by atoms with Crippen molar-refractivity contribution >= 4 is 11.8 Å². The van der Waals surface area contributed by atoms with Crippen LogP contribution in [0.15, 0.2) is 48.5 Å². The molecular weight excluding hydrogens is 372 g/mol. The number of fused-ring (bicyclic) bond motifs is 2. The summed E-state index contributed by atoms with van der Waals surface area (Å²) in [5.74, 6) is 1.92. The summed E-state index contributed by atoms with van der Waals surface area (Å²) in [5.41, 5.74) is 1.06. The Morgan fingerprint density at radius 2 is 1.28 bits per heavy atom. The second-order valence-corrected chi connectivity index (χ2v) is 7.43. The van der Waals surface area contributed by atoms with E-state index in [-0.39, 0.29) is 18.4 Å². The molecule has 3 aliphatic rings. The number of rotatable bonds is 2. The van der Waals surface area contributed by atoms with Crippen LogP contribution in [-0.4, -0.2) is 66.6 Å². The number of ether oxygens (including phenoxy) is 3. The van der Waals surface area contributed by atoms with E-state index in [4.69, 9.17) is 14.2 Å². The van der Waals surface area contributed by atoms with Crippen LogP contribution in [0.25, 0.3) is 0 Å². The molecule has 1 saturated heterocycles. The van der Waals surface area contributed by atoms with Crippen molar-refractivity contribution in [3.63, 3.8) is 0 Å². The van der Waals surface area contributed by atoms with Gasteiger partial charge in [-0.3, -0.25) is 9.59 Å². The zero-order chi connectivity index (χ0) is 19.8. The van der Waals surface area contributed by atoms with Crippen molar-refractivity contribution in [3.8, 4) is 17.2 Å². The van der Waals surface area contributed by atoms with E-state index in [9.17, 15) is 9.59 Å². The van der Waals surface area contributed by atoms with Crippen LogP contribution in [0.4, 0.5) is 0 Å². The Bertz CT molecular complexity index is 913. The third-order valence-corrected chi connectivity index (χ3v) is 5.61. The molecule has 7 heteroatoms. The highest BCUT2D eigenvalue weighted by Gasteiger charge is 2.36. The summed E-state index contributed by atoms with van der Waals surface area (Å²) in [5, 5.41) is 0. The van der Waals surface area contributed by atoms with Crippen molar-refractivity contribution in [1.82, 2.24) is 9.80 Å². The summed E-state index contributed by atoms with van der Waals surface area (Å²) in [6, 6.07) is 15.1. The molecular formula is C22H22N2O5. The smallest absolute Gasteiger partial charge is 0.267 e. The monoisotopic (exact) mass is 394 g/mol. The molecule has 0 aliphatic carbocycles. The minimum atomic E-state index is -0.653. The maximum atomic E-state index is 12.8. The van der Waals surface area contributed by atoms with Gasteiger partial charge in [0.05, 0.1) is 0 Å². The average molecular weight is 394 g/mol. The summed E-state index contributed by atoms with van der Waals surface area (Å²) in [7, 11) is 0. The van der Waals surface area contributed by atoms with Gasteiger partial charge in [0.15, 0.2) is 17.6 Å². The lowest BCUT2D eigenvalue weighted by atomic mass is 10.1. The molecule has 1 fully saturated rings. The second kappa shape index (κ2) is 7.31. The SMILES string of the molecule is O=C(C1Cc2ccccc2O1)N1CCN(C(=O)C2COc3ccccc3O2)CC1. The lowest BCUT2D eigenvalue weighted by Crippen LogP contribution is -2.56. The molecule has 0 N–H and O–H groups in total. The van der Waals surface area contributed by atoms with E-state index in [2.05, 4.69) is 0 Å². The highest BCUT2D eigenvalue weighted by molar-refractivity contribution is 5.84. The molecule has 5 rings (SSSR count). The Morgan fingerprint density at radius 3 is 1.97 bits per heavy atom. The van der Waals surface area contributed by atoms with Crippen molar-refractivity contribution in [1.29, 1.82) is 0 Å². The number of hydrogen-bond acceptors (Lipinski definition) is 5. The normalized spacial score (nSPS) is 22.6. The van der Waals surface area contributed by atoms with E-state index >= 15 is 0 Å². The minimum Gasteiger partial charge on any atom is -0.485 e. The first-order chi connectivity index (χ1) is 14.2. The number of carbonyl (C=O) groups is 2. The van der Waals surface area contributed by atoms with Crippen molar-refractivity contribution in [2.24, 2.45) is 0 Å². The second-order valence-electron chi connectivity index (χ2n) is 7.43. The van der Waals surface area contributed by atoms with Gasteiger partial charge in [-0.1, -0.05) is 30.3 Å². The van der Waals surface area contributed by atoms with Crippen LogP contribution in [-0.2, 0) is 16.0 Å². The number of piperazine rings is 1. The van der Waals surface area contributed by atoms with Crippen LogP contribution in [0.1, 0.15) is 5.56 Å². The summed E-state index contributed by atoms with van der Waals surface area (Å²) < 4.78 is 17.3. The molecule has 7 nitrogen and oxygen atoms in total. The number of para-hydroxylation sites is 3. The van der Waals surface area contributed by atoms with Gasteiger partial charge in [0.2, 0.25) is 6.10 Å². The largest absolute Gasteiger partial charge is 0.485 e.